The van der Waals surface area contributed by atoms with Crippen molar-refractivity contribution in [1.82, 2.24) is 15.5 Å². The number of nitrogens with one attached hydrogen (secondary N) is 2. The Morgan fingerprint density at radius 1 is 1.24 bits per heavy atom. The summed E-state index contributed by atoms with van der Waals surface area (Å²) in [5.41, 5.74) is 1.58. The highest BCUT2D eigenvalue weighted by molar-refractivity contribution is 14.0. The van der Waals surface area contributed by atoms with Crippen LogP contribution in [0.3, 0.4) is 0 Å². The molecule has 7 heteroatoms. The van der Waals surface area contributed by atoms with E-state index in [1.54, 1.807) is 26.1 Å². The summed E-state index contributed by atoms with van der Waals surface area (Å²) in [5.74, 6) is 0.586. The van der Waals surface area contributed by atoms with E-state index in [2.05, 4.69) is 20.5 Å². The molecule has 142 valence electrons. The van der Waals surface area contributed by atoms with Gasteiger partial charge in [-0.05, 0) is 43.5 Å². The number of aliphatic imine (C=N–C) groups is 1. The molecular formula is C18H30FIN4O. The fraction of sp³-hybridized carbons (Fsp3) is 0.611. The number of unbranched alkanes of at least 4 members (excludes halogenated alkanes) is 1. The first kappa shape index (κ1) is 22.1. The third-order valence-corrected chi connectivity index (χ3v) is 4.22. The first-order valence-electron chi connectivity index (χ1n) is 8.68. The summed E-state index contributed by atoms with van der Waals surface area (Å²) >= 11 is 0. The molecule has 1 saturated heterocycles. The molecule has 25 heavy (non-hydrogen) atoms. The standard InChI is InChI=1S/C18H29FN4O.HI/c1-15-5-6-16(13-17(15)19)14-22-18(20-2)21-7-3-4-8-23-9-11-24-12-10-23;/h5-6,13H,3-4,7-12,14H2,1-2H3,(H2,20,21,22);1H. The summed E-state index contributed by atoms with van der Waals surface area (Å²) in [6, 6.07) is 5.30. The Balaban J connectivity index is 0.00000312. The Kier molecular flexibility index (Phi) is 11.0. The van der Waals surface area contributed by atoms with Crippen molar-refractivity contribution in [2.45, 2.75) is 26.3 Å². The molecule has 2 N–H and O–H groups in total. The van der Waals surface area contributed by atoms with Gasteiger partial charge in [-0.2, -0.15) is 0 Å². The van der Waals surface area contributed by atoms with Gasteiger partial charge in [-0.25, -0.2) is 4.39 Å². The highest BCUT2D eigenvalue weighted by Crippen LogP contribution is 2.08. The van der Waals surface area contributed by atoms with Crippen molar-refractivity contribution in [1.29, 1.82) is 0 Å². The summed E-state index contributed by atoms with van der Waals surface area (Å²) in [4.78, 5) is 6.65. The van der Waals surface area contributed by atoms with Crippen molar-refractivity contribution in [3.63, 3.8) is 0 Å². The Hall–Kier alpha value is -0.930. The number of aryl methyl sites for hydroxylation is 1. The maximum atomic E-state index is 13.5. The van der Waals surface area contributed by atoms with Crippen LogP contribution in [0.2, 0.25) is 0 Å². The smallest absolute Gasteiger partial charge is 0.191 e. The summed E-state index contributed by atoms with van der Waals surface area (Å²) in [5, 5.41) is 6.52. The molecule has 0 aromatic heterocycles. The lowest BCUT2D eigenvalue weighted by Gasteiger charge is -2.26. The van der Waals surface area contributed by atoms with Gasteiger partial charge in [0.15, 0.2) is 5.96 Å². The maximum absolute atomic E-state index is 13.5. The van der Waals surface area contributed by atoms with Gasteiger partial charge in [0.25, 0.3) is 0 Å². The Bertz CT molecular complexity index is 536. The molecule has 5 nitrogen and oxygen atoms in total. The minimum atomic E-state index is -0.166. The van der Waals surface area contributed by atoms with Crippen LogP contribution in [0.4, 0.5) is 4.39 Å². The van der Waals surface area contributed by atoms with Crippen molar-refractivity contribution in [3.8, 4) is 0 Å². The first-order chi connectivity index (χ1) is 11.7. The molecule has 0 amide bonds. The first-order valence-corrected chi connectivity index (χ1v) is 8.68. The van der Waals surface area contributed by atoms with Crippen molar-refractivity contribution in [2.24, 2.45) is 4.99 Å². The van der Waals surface area contributed by atoms with Crippen LogP contribution >= 0.6 is 24.0 Å². The summed E-state index contributed by atoms with van der Waals surface area (Å²) in [7, 11) is 1.75. The quantitative estimate of drug-likeness (QED) is 0.282. The van der Waals surface area contributed by atoms with Crippen molar-refractivity contribution >= 4 is 29.9 Å². The van der Waals surface area contributed by atoms with E-state index in [9.17, 15) is 4.39 Å². The maximum Gasteiger partial charge on any atom is 0.191 e. The molecule has 1 aromatic carbocycles. The van der Waals surface area contributed by atoms with E-state index in [-0.39, 0.29) is 29.8 Å². The van der Waals surface area contributed by atoms with Crippen molar-refractivity contribution in [2.75, 3.05) is 46.4 Å². The number of hydrogen-bond donors (Lipinski definition) is 2. The number of rotatable bonds is 7. The second-order valence-electron chi connectivity index (χ2n) is 6.10. The monoisotopic (exact) mass is 464 g/mol. The minimum absolute atomic E-state index is 0. The molecule has 0 bridgehead atoms. The van der Waals surface area contributed by atoms with Crippen LogP contribution in [0.15, 0.2) is 23.2 Å². The molecule has 1 aliphatic rings. The summed E-state index contributed by atoms with van der Waals surface area (Å²) < 4.78 is 18.9. The average Bonchev–Trinajstić information content (AvgIpc) is 2.61. The van der Waals surface area contributed by atoms with E-state index in [0.717, 1.165) is 63.8 Å². The molecular weight excluding hydrogens is 434 g/mol. The van der Waals surface area contributed by atoms with E-state index in [1.807, 2.05) is 6.07 Å². The highest BCUT2D eigenvalue weighted by Gasteiger charge is 2.09. The van der Waals surface area contributed by atoms with E-state index in [1.165, 1.54) is 0 Å². The van der Waals surface area contributed by atoms with E-state index >= 15 is 0 Å². The van der Waals surface area contributed by atoms with Gasteiger partial charge < -0.3 is 15.4 Å². The van der Waals surface area contributed by atoms with Gasteiger partial charge in [0.1, 0.15) is 5.82 Å². The molecule has 1 heterocycles. The molecule has 0 unspecified atom stereocenters. The number of ether oxygens (including phenoxy) is 1. The van der Waals surface area contributed by atoms with E-state index in [0.29, 0.717) is 12.1 Å². The third kappa shape index (κ3) is 8.33. The predicted molar refractivity (Wildman–Crippen MR) is 111 cm³/mol. The minimum Gasteiger partial charge on any atom is -0.379 e. The number of halogens is 2. The molecule has 0 atom stereocenters. The van der Waals surface area contributed by atoms with Crippen LogP contribution in [0.1, 0.15) is 24.0 Å². The normalized spacial score (nSPS) is 15.6. The zero-order chi connectivity index (χ0) is 17.2. The number of nitrogens with zero attached hydrogens (tertiary/aromatic N) is 2. The Morgan fingerprint density at radius 3 is 2.68 bits per heavy atom. The molecule has 1 aromatic rings. The predicted octanol–water partition coefficient (Wildman–Crippen LogP) is 2.53. The molecule has 0 aliphatic carbocycles. The van der Waals surface area contributed by atoms with Gasteiger partial charge in [0.05, 0.1) is 13.2 Å². The zero-order valence-corrected chi connectivity index (χ0v) is 17.5. The van der Waals surface area contributed by atoms with E-state index in [4.69, 9.17) is 4.74 Å². The van der Waals surface area contributed by atoms with Gasteiger partial charge >= 0.3 is 0 Å². The van der Waals surface area contributed by atoms with Crippen LogP contribution in [0.25, 0.3) is 0 Å². The lowest BCUT2D eigenvalue weighted by atomic mass is 10.1. The molecule has 1 fully saturated rings. The molecule has 2 rings (SSSR count). The SMILES string of the molecule is CN=C(NCCCCN1CCOCC1)NCc1ccc(C)c(F)c1.I. The number of benzene rings is 1. The number of guanidine groups is 1. The van der Waals surface area contributed by atoms with E-state index < -0.39 is 0 Å². The van der Waals surface area contributed by atoms with Gasteiger partial charge in [0.2, 0.25) is 0 Å². The molecule has 1 aliphatic heterocycles. The fourth-order valence-electron chi connectivity index (χ4n) is 2.64. The van der Waals surface area contributed by atoms with Crippen LogP contribution in [-0.2, 0) is 11.3 Å². The Morgan fingerprint density at radius 2 is 2.00 bits per heavy atom. The number of hydrogen-bond acceptors (Lipinski definition) is 3. The number of morpholine rings is 1. The lowest BCUT2D eigenvalue weighted by molar-refractivity contribution is 0.0372. The van der Waals surface area contributed by atoms with Crippen molar-refractivity contribution < 1.29 is 9.13 Å². The van der Waals surface area contributed by atoms with Crippen LogP contribution < -0.4 is 10.6 Å². The van der Waals surface area contributed by atoms with Crippen molar-refractivity contribution in [3.05, 3.63) is 35.1 Å². The largest absolute Gasteiger partial charge is 0.379 e. The van der Waals surface area contributed by atoms with Crippen LogP contribution in [0, 0.1) is 12.7 Å². The molecule has 0 radical (unpaired) electrons. The van der Waals surface area contributed by atoms with Crippen LogP contribution in [0.5, 0.6) is 0 Å². The van der Waals surface area contributed by atoms with Gasteiger partial charge in [-0.3, -0.25) is 9.89 Å². The lowest BCUT2D eigenvalue weighted by Crippen LogP contribution is -2.38. The molecule has 0 spiro atoms. The highest BCUT2D eigenvalue weighted by atomic mass is 127. The zero-order valence-electron chi connectivity index (χ0n) is 15.2. The van der Waals surface area contributed by atoms with Gasteiger partial charge in [0, 0.05) is 33.2 Å². The fourth-order valence-corrected chi connectivity index (χ4v) is 2.64. The molecule has 0 saturated carbocycles. The second-order valence-corrected chi connectivity index (χ2v) is 6.10. The Labute approximate surface area is 167 Å². The summed E-state index contributed by atoms with van der Waals surface area (Å²) in [6.07, 6.45) is 2.25. The average molecular weight is 464 g/mol. The van der Waals surface area contributed by atoms with Gasteiger partial charge in [-0.15, -0.1) is 24.0 Å². The summed E-state index contributed by atoms with van der Waals surface area (Å²) in [6.45, 7) is 8.14. The topological polar surface area (TPSA) is 48.9 Å². The third-order valence-electron chi connectivity index (χ3n) is 4.22. The second kappa shape index (κ2) is 12.4. The van der Waals surface area contributed by atoms with Gasteiger partial charge in [-0.1, -0.05) is 12.1 Å². The van der Waals surface area contributed by atoms with Crippen LogP contribution in [-0.4, -0.2) is 57.3 Å².